The van der Waals surface area contributed by atoms with E-state index in [-0.39, 0.29) is 17.4 Å². The molecule has 2 aliphatic rings. The lowest BCUT2D eigenvalue weighted by Crippen LogP contribution is -2.45. The molecule has 0 saturated heterocycles. The number of esters is 1. The SMILES string of the molecule is CC1=C(C(=O)O[C@@H]2CCC[C@@H]2C)[C@H](c2cccc([N+](=O)[O-])c2)NC(=O)N1. The summed E-state index contributed by atoms with van der Waals surface area (Å²) >= 11 is 0. The average molecular weight is 359 g/mol. The molecule has 0 bridgehead atoms. The highest BCUT2D eigenvalue weighted by molar-refractivity contribution is 5.95. The van der Waals surface area contributed by atoms with Gasteiger partial charge >= 0.3 is 12.0 Å². The van der Waals surface area contributed by atoms with E-state index in [1.807, 2.05) is 6.92 Å². The molecule has 1 saturated carbocycles. The number of urea groups is 1. The number of ether oxygens (including phenoxy) is 1. The minimum absolute atomic E-state index is 0.106. The molecular weight excluding hydrogens is 338 g/mol. The molecule has 2 amide bonds. The van der Waals surface area contributed by atoms with Crippen molar-refractivity contribution in [1.29, 1.82) is 0 Å². The number of carbonyl (C=O) groups is 2. The fourth-order valence-corrected chi connectivity index (χ4v) is 3.52. The highest BCUT2D eigenvalue weighted by Crippen LogP contribution is 2.33. The van der Waals surface area contributed by atoms with E-state index in [2.05, 4.69) is 10.6 Å². The van der Waals surface area contributed by atoms with Gasteiger partial charge in [0.05, 0.1) is 16.5 Å². The van der Waals surface area contributed by atoms with E-state index >= 15 is 0 Å². The minimum Gasteiger partial charge on any atom is -0.459 e. The molecule has 8 nitrogen and oxygen atoms in total. The maximum Gasteiger partial charge on any atom is 0.338 e. The second kappa shape index (κ2) is 7.15. The van der Waals surface area contributed by atoms with Crippen molar-refractivity contribution in [3.05, 3.63) is 51.2 Å². The van der Waals surface area contributed by atoms with Gasteiger partial charge in [-0.15, -0.1) is 0 Å². The molecule has 2 N–H and O–H groups in total. The predicted octanol–water partition coefficient (Wildman–Crippen LogP) is 2.95. The van der Waals surface area contributed by atoms with Gasteiger partial charge in [-0.05, 0) is 37.7 Å². The van der Waals surface area contributed by atoms with Crippen LogP contribution in [0.15, 0.2) is 35.5 Å². The Morgan fingerprint density at radius 2 is 2.12 bits per heavy atom. The third kappa shape index (κ3) is 3.54. The molecule has 0 aromatic heterocycles. The third-order valence-electron chi connectivity index (χ3n) is 4.94. The number of nitrogens with zero attached hydrogens (tertiary/aromatic N) is 1. The van der Waals surface area contributed by atoms with Gasteiger partial charge in [0.15, 0.2) is 0 Å². The second-order valence-electron chi connectivity index (χ2n) is 6.77. The van der Waals surface area contributed by atoms with Crippen molar-refractivity contribution in [2.24, 2.45) is 5.92 Å². The minimum atomic E-state index is -0.798. The molecule has 3 rings (SSSR count). The molecule has 1 aliphatic heterocycles. The van der Waals surface area contributed by atoms with Crippen molar-refractivity contribution < 1.29 is 19.2 Å². The van der Waals surface area contributed by atoms with Crippen LogP contribution in [0, 0.1) is 16.0 Å². The lowest BCUT2D eigenvalue weighted by molar-refractivity contribution is -0.384. The summed E-state index contributed by atoms with van der Waals surface area (Å²) < 4.78 is 5.68. The summed E-state index contributed by atoms with van der Waals surface area (Å²) in [5.41, 5.74) is 1.01. The Morgan fingerprint density at radius 1 is 1.35 bits per heavy atom. The Kier molecular flexibility index (Phi) is 4.92. The predicted molar refractivity (Wildman–Crippen MR) is 93.1 cm³/mol. The molecule has 1 aliphatic carbocycles. The first kappa shape index (κ1) is 17.9. The summed E-state index contributed by atoms with van der Waals surface area (Å²) in [6.45, 7) is 3.67. The molecule has 0 radical (unpaired) electrons. The number of nitro benzene ring substituents is 1. The van der Waals surface area contributed by atoms with E-state index in [9.17, 15) is 19.7 Å². The summed E-state index contributed by atoms with van der Waals surface area (Å²) in [4.78, 5) is 35.2. The van der Waals surface area contributed by atoms with Crippen LogP contribution in [0.1, 0.15) is 44.7 Å². The normalized spacial score (nSPS) is 25.5. The van der Waals surface area contributed by atoms with Gasteiger partial charge in [0.1, 0.15) is 6.10 Å². The van der Waals surface area contributed by atoms with Crippen LogP contribution in [0.4, 0.5) is 10.5 Å². The quantitative estimate of drug-likeness (QED) is 0.488. The first-order chi connectivity index (χ1) is 12.4. The van der Waals surface area contributed by atoms with Gasteiger partial charge in [-0.2, -0.15) is 0 Å². The van der Waals surface area contributed by atoms with Crippen molar-refractivity contribution in [2.75, 3.05) is 0 Å². The first-order valence-electron chi connectivity index (χ1n) is 8.60. The maximum atomic E-state index is 12.8. The maximum absolute atomic E-state index is 12.8. The zero-order valence-electron chi connectivity index (χ0n) is 14.7. The highest BCUT2D eigenvalue weighted by Gasteiger charge is 2.35. The van der Waals surface area contributed by atoms with E-state index in [1.165, 1.54) is 18.2 Å². The van der Waals surface area contributed by atoms with Crippen molar-refractivity contribution in [3.8, 4) is 0 Å². The average Bonchev–Trinajstić information content (AvgIpc) is 2.99. The number of amides is 2. The molecule has 26 heavy (non-hydrogen) atoms. The van der Waals surface area contributed by atoms with Gasteiger partial charge in [0.25, 0.3) is 5.69 Å². The number of nitrogens with one attached hydrogen (secondary N) is 2. The van der Waals surface area contributed by atoms with Crippen molar-refractivity contribution >= 4 is 17.7 Å². The molecule has 3 atom stereocenters. The summed E-state index contributed by atoms with van der Waals surface area (Å²) in [7, 11) is 0. The van der Waals surface area contributed by atoms with Crippen LogP contribution in [0.3, 0.4) is 0 Å². The van der Waals surface area contributed by atoms with Crippen LogP contribution < -0.4 is 10.6 Å². The Hall–Kier alpha value is -2.90. The zero-order chi connectivity index (χ0) is 18.8. The monoisotopic (exact) mass is 359 g/mol. The van der Waals surface area contributed by atoms with Gasteiger partial charge in [0, 0.05) is 17.8 Å². The van der Waals surface area contributed by atoms with Crippen molar-refractivity contribution in [3.63, 3.8) is 0 Å². The lowest BCUT2D eigenvalue weighted by Gasteiger charge is -2.29. The topological polar surface area (TPSA) is 111 Å². The summed E-state index contributed by atoms with van der Waals surface area (Å²) in [6, 6.07) is 4.62. The van der Waals surface area contributed by atoms with Crippen LogP contribution in [-0.2, 0) is 9.53 Å². The number of hydrogen-bond donors (Lipinski definition) is 2. The van der Waals surface area contributed by atoms with Crippen LogP contribution in [0.2, 0.25) is 0 Å². The molecule has 1 aromatic rings. The number of rotatable bonds is 4. The molecule has 0 unspecified atom stereocenters. The number of benzene rings is 1. The fraction of sp³-hybridized carbons (Fsp3) is 0.444. The zero-order valence-corrected chi connectivity index (χ0v) is 14.7. The van der Waals surface area contributed by atoms with Crippen LogP contribution >= 0.6 is 0 Å². The van der Waals surface area contributed by atoms with E-state index in [0.29, 0.717) is 17.2 Å². The second-order valence-corrected chi connectivity index (χ2v) is 6.77. The molecule has 1 heterocycles. The molecule has 8 heteroatoms. The molecular formula is C18H21N3O5. The van der Waals surface area contributed by atoms with E-state index in [1.54, 1.807) is 13.0 Å². The first-order valence-corrected chi connectivity index (χ1v) is 8.60. The van der Waals surface area contributed by atoms with Gasteiger partial charge < -0.3 is 15.4 Å². The van der Waals surface area contributed by atoms with Gasteiger partial charge in [0.2, 0.25) is 0 Å². The Balaban J connectivity index is 1.93. The molecule has 138 valence electrons. The van der Waals surface area contributed by atoms with E-state index < -0.39 is 23.0 Å². The number of carbonyl (C=O) groups excluding carboxylic acids is 2. The van der Waals surface area contributed by atoms with Crippen molar-refractivity contribution in [1.82, 2.24) is 10.6 Å². The Bertz CT molecular complexity index is 789. The van der Waals surface area contributed by atoms with Gasteiger partial charge in [-0.3, -0.25) is 10.1 Å². The molecule has 0 spiro atoms. The van der Waals surface area contributed by atoms with Crippen LogP contribution in [-0.4, -0.2) is 23.0 Å². The third-order valence-corrected chi connectivity index (χ3v) is 4.94. The van der Waals surface area contributed by atoms with E-state index in [0.717, 1.165) is 19.3 Å². The number of non-ortho nitro benzene ring substituents is 1. The largest absolute Gasteiger partial charge is 0.459 e. The number of allylic oxidation sites excluding steroid dienone is 1. The molecule has 1 fully saturated rings. The van der Waals surface area contributed by atoms with Crippen LogP contribution in [0.5, 0.6) is 0 Å². The highest BCUT2D eigenvalue weighted by atomic mass is 16.6. The van der Waals surface area contributed by atoms with Gasteiger partial charge in [-0.25, -0.2) is 9.59 Å². The summed E-state index contributed by atoms with van der Waals surface area (Å²) in [5.74, 6) is -0.215. The summed E-state index contributed by atoms with van der Waals surface area (Å²) in [5, 5.41) is 16.3. The van der Waals surface area contributed by atoms with Gasteiger partial charge in [-0.1, -0.05) is 19.1 Å². The molecule has 1 aromatic carbocycles. The standard InChI is InChI=1S/C18H21N3O5/c1-10-5-3-8-14(10)26-17(22)15-11(2)19-18(23)20-16(15)12-6-4-7-13(9-12)21(24)25/h4,6-7,9-10,14,16H,3,5,8H2,1-2H3,(H2,19,20,23)/t10-,14+,16-/m0/s1. The van der Waals surface area contributed by atoms with Crippen molar-refractivity contribution in [2.45, 2.75) is 45.3 Å². The fourth-order valence-electron chi connectivity index (χ4n) is 3.52. The van der Waals surface area contributed by atoms with Crippen LogP contribution in [0.25, 0.3) is 0 Å². The number of nitro groups is 1. The van der Waals surface area contributed by atoms with E-state index in [4.69, 9.17) is 4.74 Å². The Morgan fingerprint density at radius 3 is 2.77 bits per heavy atom. The lowest BCUT2D eigenvalue weighted by atomic mass is 9.95. The smallest absolute Gasteiger partial charge is 0.338 e. The number of hydrogen-bond acceptors (Lipinski definition) is 5. The Labute approximate surface area is 150 Å². The summed E-state index contributed by atoms with van der Waals surface area (Å²) in [6.07, 6.45) is 2.70.